The molecule has 0 saturated carbocycles. The fourth-order valence-corrected chi connectivity index (χ4v) is 2.54. The van der Waals surface area contributed by atoms with E-state index in [9.17, 15) is 0 Å². The van der Waals surface area contributed by atoms with Crippen molar-refractivity contribution in [1.29, 1.82) is 0 Å². The normalized spacial score (nSPS) is 28.6. The van der Waals surface area contributed by atoms with Crippen LogP contribution in [0.5, 0.6) is 0 Å². The van der Waals surface area contributed by atoms with Crippen molar-refractivity contribution < 1.29 is 4.74 Å². The molecule has 1 aromatic rings. The zero-order chi connectivity index (χ0) is 12.5. The van der Waals surface area contributed by atoms with Gasteiger partial charge in [-0.05, 0) is 39.7 Å². The van der Waals surface area contributed by atoms with E-state index < -0.39 is 0 Å². The molecule has 2 unspecified atom stereocenters. The van der Waals surface area contributed by atoms with Gasteiger partial charge < -0.3 is 10.1 Å². The van der Waals surface area contributed by atoms with E-state index in [-0.39, 0.29) is 5.54 Å². The molecule has 0 bridgehead atoms. The van der Waals surface area contributed by atoms with Gasteiger partial charge in [-0.1, -0.05) is 29.3 Å². The largest absolute Gasteiger partial charge is 0.377 e. The van der Waals surface area contributed by atoms with Gasteiger partial charge in [0.1, 0.15) is 0 Å². The van der Waals surface area contributed by atoms with E-state index in [1.54, 1.807) is 0 Å². The lowest BCUT2D eigenvalue weighted by Gasteiger charge is -2.29. The van der Waals surface area contributed by atoms with Crippen LogP contribution in [0.1, 0.15) is 37.0 Å². The lowest BCUT2D eigenvalue weighted by molar-refractivity contribution is 0.0881. The van der Waals surface area contributed by atoms with Gasteiger partial charge in [0.15, 0.2) is 0 Å². The van der Waals surface area contributed by atoms with E-state index in [0.717, 1.165) is 19.6 Å². The molecule has 1 aliphatic heterocycles. The smallest absolute Gasteiger partial charge is 0.0726 e. The molecule has 0 aromatic heterocycles. The van der Waals surface area contributed by atoms with Gasteiger partial charge in [0, 0.05) is 18.7 Å². The second-order valence-electron chi connectivity index (χ2n) is 5.53. The maximum atomic E-state index is 5.64. The van der Waals surface area contributed by atoms with E-state index in [2.05, 4.69) is 51.2 Å². The van der Waals surface area contributed by atoms with Crippen LogP contribution in [0.4, 0.5) is 0 Å². The third kappa shape index (κ3) is 2.88. The van der Waals surface area contributed by atoms with E-state index in [1.807, 2.05) is 0 Å². The second kappa shape index (κ2) is 4.79. The molecule has 1 heterocycles. The molecule has 0 aliphatic carbocycles. The Morgan fingerprint density at radius 3 is 2.47 bits per heavy atom. The highest BCUT2D eigenvalue weighted by molar-refractivity contribution is 5.28. The SMILES string of the molecule is Cc1cc(C)cc(CNC2(C)CCOC2C)c1. The first-order valence-electron chi connectivity index (χ1n) is 6.43. The van der Waals surface area contributed by atoms with Crippen LogP contribution in [0, 0.1) is 13.8 Å². The zero-order valence-corrected chi connectivity index (χ0v) is 11.3. The maximum Gasteiger partial charge on any atom is 0.0726 e. The molecule has 2 rings (SSSR count). The van der Waals surface area contributed by atoms with Crippen molar-refractivity contribution in [3.63, 3.8) is 0 Å². The summed E-state index contributed by atoms with van der Waals surface area (Å²) in [5.41, 5.74) is 4.16. The van der Waals surface area contributed by atoms with Crippen molar-refractivity contribution in [2.45, 2.75) is 52.3 Å². The molecule has 94 valence electrons. The molecule has 17 heavy (non-hydrogen) atoms. The van der Waals surface area contributed by atoms with Crippen molar-refractivity contribution in [2.75, 3.05) is 6.61 Å². The molecular formula is C15H23NO. The highest BCUT2D eigenvalue weighted by atomic mass is 16.5. The molecule has 1 saturated heterocycles. The molecule has 0 spiro atoms. The van der Waals surface area contributed by atoms with Crippen LogP contribution in [-0.2, 0) is 11.3 Å². The van der Waals surface area contributed by atoms with Crippen molar-refractivity contribution in [3.05, 3.63) is 34.9 Å². The standard InChI is InChI=1S/C15H23NO/c1-11-7-12(2)9-14(8-11)10-16-15(4)5-6-17-13(15)3/h7-9,13,16H,5-6,10H2,1-4H3. The Morgan fingerprint density at radius 2 is 1.94 bits per heavy atom. The zero-order valence-electron chi connectivity index (χ0n) is 11.3. The first-order valence-corrected chi connectivity index (χ1v) is 6.43. The predicted molar refractivity (Wildman–Crippen MR) is 71.2 cm³/mol. The molecule has 0 radical (unpaired) electrons. The lowest BCUT2D eigenvalue weighted by atomic mass is 9.94. The van der Waals surface area contributed by atoms with Crippen molar-refractivity contribution in [1.82, 2.24) is 5.32 Å². The van der Waals surface area contributed by atoms with Gasteiger partial charge in [0.2, 0.25) is 0 Å². The minimum atomic E-state index is 0.123. The van der Waals surface area contributed by atoms with Gasteiger partial charge in [0.05, 0.1) is 6.10 Å². The van der Waals surface area contributed by atoms with Crippen molar-refractivity contribution in [3.8, 4) is 0 Å². The van der Waals surface area contributed by atoms with Gasteiger partial charge in [-0.15, -0.1) is 0 Å². The summed E-state index contributed by atoms with van der Waals surface area (Å²) in [6.45, 7) is 10.5. The highest BCUT2D eigenvalue weighted by Gasteiger charge is 2.36. The number of aryl methyl sites for hydroxylation is 2. The highest BCUT2D eigenvalue weighted by Crippen LogP contribution is 2.25. The quantitative estimate of drug-likeness (QED) is 0.866. The number of nitrogens with one attached hydrogen (secondary N) is 1. The molecule has 1 N–H and O–H groups in total. The van der Waals surface area contributed by atoms with Gasteiger partial charge in [-0.25, -0.2) is 0 Å². The average Bonchev–Trinajstić information content (AvgIpc) is 2.56. The molecule has 1 fully saturated rings. The fourth-order valence-electron chi connectivity index (χ4n) is 2.54. The van der Waals surface area contributed by atoms with Gasteiger partial charge in [-0.2, -0.15) is 0 Å². The number of rotatable bonds is 3. The molecule has 0 amide bonds. The van der Waals surface area contributed by atoms with E-state index in [0.29, 0.717) is 6.10 Å². The third-order valence-electron chi connectivity index (χ3n) is 3.86. The Hall–Kier alpha value is -0.860. The van der Waals surface area contributed by atoms with E-state index in [1.165, 1.54) is 16.7 Å². The van der Waals surface area contributed by atoms with Crippen LogP contribution in [0.25, 0.3) is 0 Å². The molecular weight excluding hydrogens is 210 g/mol. The number of hydrogen-bond acceptors (Lipinski definition) is 2. The van der Waals surface area contributed by atoms with Gasteiger partial charge in [-0.3, -0.25) is 0 Å². The minimum Gasteiger partial charge on any atom is -0.377 e. The summed E-state index contributed by atoms with van der Waals surface area (Å²) in [6, 6.07) is 6.72. The monoisotopic (exact) mass is 233 g/mol. The third-order valence-corrected chi connectivity index (χ3v) is 3.86. The summed E-state index contributed by atoms with van der Waals surface area (Å²) in [7, 11) is 0. The Bertz CT molecular complexity index is 382. The molecule has 2 heteroatoms. The molecule has 2 atom stereocenters. The predicted octanol–water partition coefficient (Wildman–Crippen LogP) is 2.96. The molecule has 1 aliphatic rings. The van der Waals surface area contributed by atoms with Crippen LogP contribution in [0.3, 0.4) is 0 Å². The average molecular weight is 233 g/mol. The van der Waals surface area contributed by atoms with Crippen LogP contribution < -0.4 is 5.32 Å². The van der Waals surface area contributed by atoms with Crippen LogP contribution in [0.2, 0.25) is 0 Å². The summed E-state index contributed by atoms with van der Waals surface area (Å²) >= 11 is 0. The first-order chi connectivity index (χ1) is 7.99. The molecule has 1 aromatic carbocycles. The summed E-state index contributed by atoms with van der Waals surface area (Å²) in [5.74, 6) is 0. The fraction of sp³-hybridized carbons (Fsp3) is 0.600. The van der Waals surface area contributed by atoms with Crippen molar-refractivity contribution in [2.24, 2.45) is 0 Å². The van der Waals surface area contributed by atoms with Crippen LogP contribution >= 0.6 is 0 Å². The summed E-state index contributed by atoms with van der Waals surface area (Å²) in [6.07, 6.45) is 1.40. The summed E-state index contributed by atoms with van der Waals surface area (Å²) in [4.78, 5) is 0. The Kier molecular flexibility index (Phi) is 3.55. The second-order valence-corrected chi connectivity index (χ2v) is 5.53. The Balaban J connectivity index is 2.02. The van der Waals surface area contributed by atoms with E-state index in [4.69, 9.17) is 4.74 Å². The van der Waals surface area contributed by atoms with Crippen LogP contribution in [-0.4, -0.2) is 18.2 Å². The maximum absolute atomic E-state index is 5.64. The lowest BCUT2D eigenvalue weighted by Crippen LogP contribution is -2.47. The minimum absolute atomic E-state index is 0.123. The van der Waals surface area contributed by atoms with Gasteiger partial charge >= 0.3 is 0 Å². The van der Waals surface area contributed by atoms with Crippen LogP contribution in [0.15, 0.2) is 18.2 Å². The number of ether oxygens (including phenoxy) is 1. The van der Waals surface area contributed by atoms with Gasteiger partial charge in [0.25, 0.3) is 0 Å². The Morgan fingerprint density at radius 1 is 1.29 bits per heavy atom. The Labute approximate surface area is 104 Å². The number of benzene rings is 1. The summed E-state index contributed by atoms with van der Waals surface area (Å²) < 4.78 is 5.64. The van der Waals surface area contributed by atoms with Crippen molar-refractivity contribution >= 4 is 0 Å². The topological polar surface area (TPSA) is 21.3 Å². The first kappa shape index (κ1) is 12.6. The molecule has 2 nitrogen and oxygen atoms in total. The van der Waals surface area contributed by atoms with E-state index >= 15 is 0 Å². The number of hydrogen-bond donors (Lipinski definition) is 1. The summed E-state index contributed by atoms with van der Waals surface area (Å²) in [5, 5.41) is 3.65.